The second-order valence-corrected chi connectivity index (χ2v) is 9.55. The molecule has 0 aromatic carbocycles. The van der Waals surface area contributed by atoms with E-state index >= 15 is 0 Å². The van der Waals surface area contributed by atoms with Gasteiger partial charge in [0.25, 0.3) is 5.56 Å². The van der Waals surface area contributed by atoms with Gasteiger partial charge in [-0.15, -0.1) is 11.3 Å². The van der Waals surface area contributed by atoms with E-state index in [2.05, 4.69) is 9.97 Å². The molecular formula is C24H24N4O3S. The molecule has 0 unspecified atom stereocenters. The Morgan fingerprint density at radius 2 is 2.12 bits per heavy atom. The minimum Gasteiger partial charge on any atom is -0.488 e. The van der Waals surface area contributed by atoms with Gasteiger partial charge in [-0.05, 0) is 42.9 Å². The van der Waals surface area contributed by atoms with E-state index in [-0.39, 0.29) is 23.3 Å². The zero-order chi connectivity index (χ0) is 22.2. The van der Waals surface area contributed by atoms with Crippen LogP contribution in [0.15, 0.2) is 46.2 Å². The number of aryl methyl sites for hydroxylation is 2. The standard InChI is InChI=1S/C24H24N4O3S/c1-14(2)13-31-19-11-26-15(10-18(19)29)12-28-22(17-7-3-4-9-25-17)27-23-21(24(28)30)16-6-5-8-20(16)32-23/h3-4,7,9-11,14H,5-6,8,12-13H2,1-2H3,(H,26,29). The SMILES string of the molecule is CC(C)COc1c[nH]c(Cn2c(-c3ccccn3)nc3sc4c(c3c2=O)CCC4)cc1=O. The Morgan fingerprint density at radius 3 is 2.88 bits per heavy atom. The Balaban J connectivity index is 1.61. The minimum absolute atomic E-state index is 0.0870. The van der Waals surface area contributed by atoms with Gasteiger partial charge in [0.05, 0.1) is 18.5 Å². The van der Waals surface area contributed by atoms with E-state index in [0.717, 1.165) is 29.7 Å². The Labute approximate surface area is 188 Å². The van der Waals surface area contributed by atoms with Crippen molar-refractivity contribution in [2.45, 2.75) is 39.7 Å². The molecule has 1 aliphatic carbocycles. The van der Waals surface area contributed by atoms with Crippen molar-refractivity contribution < 1.29 is 4.74 Å². The van der Waals surface area contributed by atoms with Gasteiger partial charge in [-0.1, -0.05) is 19.9 Å². The van der Waals surface area contributed by atoms with E-state index < -0.39 is 0 Å². The van der Waals surface area contributed by atoms with Crippen LogP contribution in [-0.2, 0) is 19.4 Å². The highest BCUT2D eigenvalue weighted by atomic mass is 32.1. The van der Waals surface area contributed by atoms with E-state index in [9.17, 15) is 9.59 Å². The number of ether oxygens (including phenoxy) is 1. The van der Waals surface area contributed by atoms with E-state index in [1.807, 2.05) is 32.0 Å². The zero-order valence-electron chi connectivity index (χ0n) is 18.1. The van der Waals surface area contributed by atoms with Crippen molar-refractivity contribution in [2.75, 3.05) is 6.61 Å². The lowest BCUT2D eigenvalue weighted by Crippen LogP contribution is -2.25. The lowest BCUT2D eigenvalue weighted by molar-refractivity contribution is 0.267. The smallest absolute Gasteiger partial charge is 0.263 e. The van der Waals surface area contributed by atoms with Crippen LogP contribution in [0.4, 0.5) is 0 Å². The van der Waals surface area contributed by atoms with Gasteiger partial charge in [0.2, 0.25) is 5.43 Å². The fourth-order valence-corrected chi connectivity index (χ4v) is 5.30. The van der Waals surface area contributed by atoms with Crippen molar-refractivity contribution in [3.8, 4) is 17.3 Å². The third-order valence-corrected chi connectivity index (χ3v) is 6.74. The largest absolute Gasteiger partial charge is 0.488 e. The second kappa shape index (κ2) is 8.35. The first-order valence-electron chi connectivity index (χ1n) is 10.8. The van der Waals surface area contributed by atoms with Gasteiger partial charge in [0, 0.05) is 29.0 Å². The summed E-state index contributed by atoms with van der Waals surface area (Å²) >= 11 is 1.61. The van der Waals surface area contributed by atoms with Gasteiger partial charge in [-0.25, -0.2) is 4.98 Å². The molecule has 32 heavy (non-hydrogen) atoms. The van der Waals surface area contributed by atoms with Crippen LogP contribution in [0, 0.1) is 5.92 Å². The van der Waals surface area contributed by atoms with Gasteiger partial charge in [0.15, 0.2) is 11.6 Å². The maximum Gasteiger partial charge on any atom is 0.263 e. The molecule has 0 aliphatic heterocycles. The van der Waals surface area contributed by atoms with Crippen LogP contribution in [0.1, 0.15) is 36.4 Å². The molecule has 7 nitrogen and oxygen atoms in total. The first kappa shape index (κ1) is 20.6. The summed E-state index contributed by atoms with van der Waals surface area (Å²) in [5, 5.41) is 0.710. The van der Waals surface area contributed by atoms with Crippen molar-refractivity contribution >= 4 is 21.6 Å². The number of aromatic nitrogens is 4. The van der Waals surface area contributed by atoms with E-state index in [4.69, 9.17) is 9.72 Å². The number of nitrogens with one attached hydrogen (secondary N) is 1. The molecule has 0 radical (unpaired) electrons. The summed E-state index contributed by atoms with van der Waals surface area (Å²) in [5.41, 5.74) is 2.07. The van der Waals surface area contributed by atoms with E-state index in [1.165, 1.54) is 10.9 Å². The molecule has 0 spiro atoms. The quantitative estimate of drug-likeness (QED) is 0.485. The Bertz CT molecular complexity index is 1400. The van der Waals surface area contributed by atoms with Crippen molar-refractivity contribution in [1.29, 1.82) is 0 Å². The molecule has 0 amide bonds. The summed E-state index contributed by atoms with van der Waals surface area (Å²) < 4.78 is 7.21. The molecule has 0 saturated carbocycles. The molecule has 5 rings (SSSR count). The maximum absolute atomic E-state index is 13.7. The molecule has 4 heterocycles. The lowest BCUT2D eigenvalue weighted by atomic mass is 10.2. The average molecular weight is 449 g/mol. The summed E-state index contributed by atoms with van der Waals surface area (Å²) in [4.78, 5) is 40.6. The molecule has 0 fully saturated rings. The lowest BCUT2D eigenvalue weighted by Gasteiger charge is -2.13. The van der Waals surface area contributed by atoms with Gasteiger partial charge >= 0.3 is 0 Å². The summed E-state index contributed by atoms with van der Waals surface area (Å²) in [6.45, 7) is 4.71. The number of H-pyrrole nitrogens is 1. The average Bonchev–Trinajstić information content (AvgIpc) is 3.36. The molecular weight excluding hydrogens is 424 g/mol. The molecule has 1 aliphatic rings. The molecule has 8 heteroatoms. The van der Waals surface area contributed by atoms with E-state index in [1.54, 1.807) is 28.3 Å². The Morgan fingerprint density at radius 1 is 1.25 bits per heavy atom. The highest BCUT2D eigenvalue weighted by Crippen LogP contribution is 2.35. The molecule has 0 bridgehead atoms. The van der Waals surface area contributed by atoms with Crippen molar-refractivity contribution in [3.05, 3.63) is 73.4 Å². The number of rotatable bonds is 6. The number of hydrogen-bond donors (Lipinski definition) is 1. The first-order valence-corrected chi connectivity index (χ1v) is 11.6. The third-order valence-electron chi connectivity index (χ3n) is 5.56. The predicted molar refractivity (Wildman–Crippen MR) is 126 cm³/mol. The highest BCUT2D eigenvalue weighted by molar-refractivity contribution is 7.18. The van der Waals surface area contributed by atoms with Gasteiger partial charge in [0.1, 0.15) is 10.5 Å². The van der Waals surface area contributed by atoms with Crippen LogP contribution in [0.25, 0.3) is 21.7 Å². The number of aromatic amines is 1. The number of pyridine rings is 2. The fraction of sp³-hybridized carbons (Fsp3) is 0.333. The van der Waals surface area contributed by atoms with Gasteiger partial charge in [-0.2, -0.15) is 0 Å². The topological polar surface area (TPSA) is 89.9 Å². The van der Waals surface area contributed by atoms with Crippen LogP contribution in [0.2, 0.25) is 0 Å². The highest BCUT2D eigenvalue weighted by Gasteiger charge is 2.24. The number of thiophene rings is 1. The Kier molecular flexibility index (Phi) is 5.38. The molecule has 0 atom stereocenters. The molecule has 1 N–H and O–H groups in total. The number of fused-ring (bicyclic) bond motifs is 3. The van der Waals surface area contributed by atoms with Crippen molar-refractivity contribution in [1.82, 2.24) is 19.5 Å². The predicted octanol–water partition coefficient (Wildman–Crippen LogP) is 3.78. The molecule has 4 aromatic heterocycles. The van der Waals surface area contributed by atoms with Crippen LogP contribution >= 0.6 is 11.3 Å². The summed E-state index contributed by atoms with van der Waals surface area (Å²) in [5.74, 6) is 1.10. The minimum atomic E-state index is -0.211. The normalized spacial score (nSPS) is 13.1. The third kappa shape index (κ3) is 3.75. The van der Waals surface area contributed by atoms with Crippen LogP contribution in [0.5, 0.6) is 5.75 Å². The van der Waals surface area contributed by atoms with Crippen molar-refractivity contribution in [3.63, 3.8) is 0 Å². The maximum atomic E-state index is 13.7. The van der Waals surface area contributed by atoms with Crippen LogP contribution < -0.4 is 15.7 Å². The van der Waals surface area contributed by atoms with Gasteiger partial charge < -0.3 is 9.72 Å². The first-order chi connectivity index (χ1) is 15.5. The molecule has 4 aromatic rings. The van der Waals surface area contributed by atoms with Crippen molar-refractivity contribution in [2.24, 2.45) is 5.92 Å². The van der Waals surface area contributed by atoms with Gasteiger partial charge in [-0.3, -0.25) is 19.1 Å². The fourth-order valence-electron chi connectivity index (χ4n) is 4.05. The molecule has 164 valence electrons. The zero-order valence-corrected chi connectivity index (χ0v) is 18.9. The number of hydrogen-bond acceptors (Lipinski definition) is 6. The monoisotopic (exact) mass is 448 g/mol. The summed E-state index contributed by atoms with van der Waals surface area (Å²) in [6.07, 6.45) is 6.24. The van der Waals surface area contributed by atoms with E-state index in [0.29, 0.717) is 35.1 Å². The second-order valence-electron chi connectivity index (χ2n) is 8.47. The summed E-state index contributed by atoms with van der Waals surface area (Å²) in [7, 11) is 0. The number of nitrogens with zero attached hydrogens (tertiary/aromatic N) is 3. The Hall–Kier alpha value is -3.26. The van der Waals surface area contributed by atoms with Crippen LogP contribution in [-0.4, -0.2) is 26.1 Å². The van der Waals surface area contributed by atoms with Crippen LogP contribution in [0.3, 0.4) is 0 Å². The summed E-state index contributed by atoms with van der Waals surface area (Å²) in [6, 6.07) is 7.04. The molecule has 0 saturated heterocycles.